The quantitative estimate of drug-likeness (QED) is 0.560. The van der Waals surface area contributed by atoms with E-state index in [0.717, 1.165) is 28.5 Å². The summed E-state index contributed by atoms with van der Waals surface area (Å²) in [6, 6.07) is 20.5. The number of aryl methyl sites for hydroxylation is 2. The van der Waals surface area contributed by atoms with Crippen LogP contribution in [0.4, 0.5) is 0 Å². The van der Waals surface area contributed by atoms with Crippen LogP contribution in [0, 0.1) is 13.8 Å². The Morgan fingerprint density at radius 1 is 0.893 bits per heavy atom. The fraction of sp³-hybridized carbons (Fsp3) is 0.320. The van der Waals surface area contributed by atoms with Gasteiger partial charge in [0.2, 0.25) is 0 Å². The van der Waals surface area contributed by atoms with Gasteiger partial charge in [-0.25, -0.2) is 0 Å². The molecule has 0 aliphatic carbocycles. The molecule has 0 saturated heterocycles. The molecule has 3 nitrogen and oxygen atoms in total. The minimum absolute atomic E-state index is 0.0129. The predicted molar refractivity (Wildman–Crippen MR) is 116 cm³/mol. The summed E-state index contributed by atoms with van der Waals surface area (Å²) < 4.78 is 6.05. The topological polar surface area (TPSA) is 38.3 Å². The minimum Gasteiger partial charge on any atom is -0.481 e. The van der Waals surface area contributed by atoms with Gasteiger partial charge in [0.15, 0.2) is 6.10 Å². The highest BCUT2D eigenvalue weighted by molar-refractivity contribution is 5.84. The van der Waals surface area contributed by atoms with Crippen molar-refractivity contribution in [1.82, 2.24) is 5.32 Å². The first-order valence-electron chi connectivity index (χ1n) is 10.0. The zero-order chi connectivity index (χ0) is 20.1. The van der Waals surface area contributed by atoms with Gasteiger partial charge in [0, 0.05) is 0 Å². The van der Waals surface area contributed by atoms with E-state index in [0.29, 0.717) is 6.42 Å². The molecule has 0 aliphatic rings. The number of carbonyl (C=O) groups is 1. The number of benzene rings is 3. The highest BCUT2D eigenvalue weighted by Gasteiger charge is 2.22. The van der Waals surface area contributed by atoms with Gasteiger partial charge in [-0.2, -0.15) is 0 Å². The van der Waals surface area contributed by atoms with Crippen LogP contribution in [-0.4, -0.2) is 12.0 Å². The first-order chi connectivity index (χ1) is 13.5. The molecule has 0 heterocycles. The Kier molecular flexibility index (Phi) is 6.35. The average molecular weight is 376 g/mol. The Morgan fingerprint density at radius 2 is 1.64 bits per heavy atom. The van der Waals surface area contributed by atoms with Gasteiger partial charge in [-0.3, -0.25) is 4.79 Å². The zero-order valence-corrected chi connectivity index (χ0v) is 17.2. The van der Waals surface area contributed by atoms with Gasteiger partial charge in [-0.05, 0) is 66.3 Å². The second-order valence-corrected chi connectivity index (χ2v) is 7.34. The van der Waals surface area contributed by atoms with Crippen LogP contribution in [-0.2, 0) is 4.79 Å². The Labute approximate surface area is 167 Å². The highest BCUT2D eigenvalue weighted by Crippen LogP contribution is 2.23. The number of amides is 1. The second-order valence-electron chi connectivity index (χ2n) is 7.34. The maximum Gasteiger partial charge on any atom is 0.261 e. The van der Waals surface area contributed by atoms with Crippen molar-refractivity contribution in [2.75, 3.05) is 0 Å². The molecule has 0 unspecified atom stereocenters. The lowest BCUT2D eigenvalue weighted by Crippen LogP contribution is -2.40. The van der Waals surface area contributed by atoms with Crippen molar-refractivity contribution in [2.24, 2.45) is 0 Å². The summed E-state index contributed by atoms with van der Waals surface area (Å²) in [7, 11) is 0. The summed E-state index contributed by atoms with van der Waals surface area (Å²) in [5.41, 5.74) is 3.64. The van der Waals surface area contributed by atoms with E-state index in [1.165, 1.54) is 11.1 Å². The highest BCUT2D eigenvalue weighted by atomic mass is 16.5. The average Bonchev–Trinajstić information content (AvgIpc) is 2.72. The maximum atomic E-state index is 12.9. The summed E-state index contributed by atoms with van der Waals surface area (Å²) in [5.74, 6) is 0.653. The Hall–Kier alpha value is -2.81. The van der Waals surface area contributed by atoms with Gasteiger partial charge in [0.25, 0.3) is 5.91 Å². The third kappa shape index (κ3) is 4.53. The SMILES string of the molecule is CC[C@H](Oc1ccc2ccccc2c1)C(=O)N[C@@H](CC)c1ccc(C)c(C)c1. The molecular weight excluding hydrogens is 346 g/mol. The molecule has 0 aromatic heterocycles. The lowest BCUT2D eigenvalue weighted by Gasteiger charge is -2.23. The third-order valence-corrected chi connectivity index (χ3v) is 5.32. The molecule has 1 amide bonds. The van der Waals surface area contributed by atoms with Gasteiger partial charge >= 0.3 is 0 Å². The number of hydrogen-bond acceptors (Lipinski definition) is 2. The largest absolute Gasteiger partial charge is 0.481 e. The molecule has 0 spiro atoms. The fourth-order valence-corrected chi connectivity index (χ4v) is 3.39. The standard InChI is InChI=1S/C25H29NO2/c1-5-23(21-12-11-17(3)18(4)15-21)26-25(27)24(6-2)28-22-14-13-19-9-7-8-10-20(19)16-22/h7-16,23-24H,5-6H2,1-4H3,(H,26,27)/t23-,24-/m0/s1. The molecule has 0 aliphatic heterocycles. The van der Waals surface area contributed by atoms with E-state index in [4.69, 9.17) is 4.74 Å². The molecule has 28 heavy (non-hydrogen) atoms. The first kappa shape index (κ1) is 19.9. The maximum absolute atomic E-state index is 12.9. The van der Waals surface area contributed by atoms with Crippen molar-refractivity contribution in [3.05, 3.63) is 77.4 Å². The van der Waals surface area contributed by atoms with E-state index in [2.05, 4.69) is 56.4 Å². The summed E-state index contributed by atoms with van der Waals surface area (Å²) >= 11 is 0. The van der Waals surface area contributed by atoms with Crippen molar-refractivity contribution in [3.8, 4) is 5.75 Å². The number of rotatable bonds is 7. The number of ether oxygens (including phenoxy) is 1. The van der Waals surface area contributed by atoms with E-state index in [-0.39, 0.29) is 11.9 Å². The van der Waals surface area contributed by atoms with Crippen LogP contribution in [0.15, 0.2) is 60.7 Å². The molecule has 0 fully saturated rings. The Morgan fingerprint density at radius 3 is 2.32 bits per heavy atom. The lowest BCUT2D eigenvalue weighted by atomic mass is 9.99. The van der Waals surface area contributed by atoms with Gasteiger partial charge in [-0.15, -0.1) is 0 Å². The van der Waals surface area contributed by atoms with Crippen LogP contribution in [0.3, 0.4) is 0 Å². The Balaban J connectivity index is 1.73. The van der Waals surface area contributed by atoms with E-state index >= 15 is 0 Å². The van der Waals surface area contributed by atoms with Crippen LogP contribution in [0.5, 0.6) is 5.75 Å². The van der Waals surface area contributed by atoms with Crippen LogP contribution in [0.2, 0.25) is 0 Å². The van der Waals surface area contributed by atoms with E-state index < -0.39 is 6.10 Å². The van der Waals surface area contributed by atoms with Crippen molar-refractivity contribution in [1.29, 1.82) is 0 Å². The summed E-state index contributed by atoms with van der Waals surface area (Å²) in [6.45, 7) is 8.27. The molecule has 2 atom stereocenters. The molecule has 0 bridgehead atoms. The third-order valence-electron chi connectivity index (χ3n) is 5.32. The van der Waals surface area contributed by atoms with E-state index in [1.807, 2.05) is 37.3 Å². The predicted octanol–water partition coefficient (Wildman–Crippen LogP) is 5.88. The van der Waals surface area contributed by atoms with Crippen LogP contribution in [0.1, 0.15) is 49.4 Å². The van der Waals surface area contributed by atoms with E-state index in [1.54, 1.807) is 0 Å². The number of nitrogens with one attached hydrogen (secondary N) is 1. The summed E-state index contributed by atoms with van der Waals surface area (Å²) in [5, 5.41) is 5.44. The minimum atomic E-state index is -0.512. The van der Waals surface area contributed by atoms with Gasteiger partial charge < -0.3 is 10.1 Å². The van der Waals surface area contributed by atoms with E-state index in [9.17, 15) is 4.79 Å². The van der Waals surface area contributed by atoms with Crippen molar-refractivity contribution < 1.29 is 9.53 Å². The summed E-state index contributed by atoms with van der Waals surface area (Å²) in [6.07, 6.45) is 0.935. The molecule has 0 radical (unpaired) electrons. The van der Waals surface area contributed by atoms with Crippen molar-refractivity contribution >= 4 is 16.7 Å². The normalized spacial score (nSPS) is 13.1. The first-order valence-corrected chi connectivity index (χ1v) is 10.0. The van der Waals surface area contributed by atoms with Crippen LogP contribution >= 0.6 is 0 Å². The molecular formula is C25H29NO2. The van der Waals surface area contributed by atoms with Gasteiger partial charge in [0.1, 0.15) is 5.75 Å². The smallest absolute Gasteiger partial charge is 0.261 e. The lowest BCUT2D eigenvalue weighted by molar-refractivity contribution is -0.128. The molecule has 3 aromatic rings. The van der Waals surface area contributed by atoms with Crippen molar-refractivity contribution in [2.45, 2.75) is 52.7 Å². The molecule has 1 N–H and O–H groups in total. The van der Waals surface area contributed by atoms with Crippen molar-refractivity contribution in [3.63, 3.8) is 0 Å². The Bertz CT molecular complexity index is 964. The zero-order valence-electron chi connectivity index (χ0n) is 17.2. The second kappa shape index (κ2) is 8.92. The number of carbonyl (C=O) groups excluding carboxylic acids is 1. The molecule has 3 aromatic carbocycles. The molecule has 146 valence electrons. The fourth-order valence-electron chi connectivity index (χ4n) is 3.39. The van der Waals surface area contributed by atoms with Gasteiger partial charge in [-0.1, -0.05) is 62.4 Å². The monoisotopic (exact) mass is 375 g/mol. The molecule has 3 heteroatoms. The van der Waals surface area contributed by atoms with Gasteiger partial charge in [0.05, 0.1) is 6.04 Å². The number of fused-ring (bicyclic) bond motifs is 1. The number of hydrogen-bond donors (Lipinski definition) is 1. The summed E-state index contributed by atoms with van der Waals surface area (Å²) in [4.78, 5) is 12.9. The molecule has 0 saturated carbocycles. The van der Waals surface area contributed by atoms with Crippen LogP contribution < -0.4 is 10.1 Å². The van der Waals surface area contributed by atoms with Crippen LogP contribution in [0.25, 0.3) is 10.8 Å². The molecule has 3 rings (SSSR count).